The third-order valence-electron chi connectivity index (χ3n) is 2.35. The van der Waals surface area contributed by atoms with Crippen LogP contribution in [-0.4, -0.2) is 16.8 Å². The van der Waals surface area contributed by atoms with E-state index in [4.69, 9.17) is 12.2 Å². The molecule has 1 aromatic rings. The van der Waals surface area contributed by atoms with Crippen LogP contribution in [0, 0.1) is 0 Å². The number of para-hydroxylation sites is 1. The van der Waals surface area contributed by atoms with Crippen LogP contribution in [0.1, 0.15) is 18.9 Å². The Bertz CT molecular complexity index is 443. The summed E-state index contributed by atoms with van der Waals surface area (Å²) >= 11 is 6.83. The van der Waals surface area contributed by atoms with E-state index in [1.807, 2.05) is 6.07 Å². The highest BCUT2D eigenvalue weighted by Gasteiger charge is 2.13. The van der Waals surface area contributed by atoms with E-state index in [0.29, 0.717) is 5.11 Å². The van der Waals surface area contributed by atoms with E-state index in [1.165, 1.54) is 5.56 Å². The molecule has 3 nitrogen and oxygen atoms in total. The molecule has 1 aliphatic rings. The van der Waals surface area contributed by atoms with Crippen molar-refractivity contribution in [1.29, 1.82) is 0 Å². The SMILES string of the molecule is CCCNC(=S)N=C1Nc2ccccc2CS1. The van der Waals surface area contributed by atoms with E-state index in [2.05, 4.69) is 40.7 Å². The first kappa shape index (κ1) is 12.4. The van der Waals surface area contributed by atoms with Gasteiger partial charge < -0.3 is 10.6 Å². The summed E-state index contributed by atoms with van der Waals surface area (Å²) in [4.78, 5) is 4.36. The molecule has 0 saturated heterocycles. The second-order valence-corrected chi connectivity index (χ2v) is 5.07. The zero-order valence-corrected chi connectivity index (χ0v) is 11.3. The molecule has 0 bridgehead atoms. The van der Waals surface area contributed by atoms with Gasteiger partial charge in [-0.05, 0) is 30.3 Å². The quantitative estimate of drug-likeness (QED) is 0.806. The molecule has 1 aromatic carbocycles. The fraction of sp³-hybridized carbons (Fsp3) is 0.333. The maximum absolute atomic E-state index is 5.15. The standard InChI is InChI=1S/C12H15N3S2/c1-2-7-13-11(16)15-12-14-10-6-4-3-5-9(10)8-17-12/h3-6H,2,7-8H2,1H3,(H2,13,14,15,16). The van der Waals surface area contributed by atoms with Crippen molar-refractivity contribution >= 4 is 39.9 Å². The van der Waals surface area contributed by atoms with Crippen molar-refractivity contribution in [3.63, 3.8) is 0 Å². The summed E-state index contributed by atoms with van der Waals surface area (Å²) in [6.45, 7) is 2.98. The molecule has 0 atom stereocenters. The van der Waals surface area contributed by atoms with Gasteiger partial charge in [0.05, 0.1) is 0 Å². The van der Waals surface area contributed by atoms with Crippen LogP contribution >= 0.6 is 24.0 Å². The molecular weight excluding hydrogens is 250 g/mol. The second kappa shape index (κ2) is 6.02. The Morgan fingerprint density at radius 1 is 1.53 bits per heavy atom. The number of benzene rings is 1. The lowest BCUT2D eigenvalue weighted by atomic mass is 10.2. The Morgan fingerprint density at radius 2 is 2.35 bits per heavy atom. The Hall–Kier alpha value is -1.07. The van der Waals surface area contributed by atoms with Gasteiger partial charge in [-0.15, -0.1) is 0 Å². The molecule has 0 spiro atoms. The summed E-state index contributed by atoms with van der Waals surface area (Å²) in [7, 11) is 0. The summed E-state index contributed by atoms with van der Waals surface area (Å²) in [5.74, 6) is 0.943. The van der Waals surface area contributed by atoms with Gasteiger partial charge in [-0.25, -0.2) is 0 Å². The van der Waals surface area contributed by atoms with E-state index < -0.39 is 0 Å². The number of nitrogens with zero attached hydrogens (tertiary/aromatic N) is 1. The average molecular weight is 265 g/mol. The van der Waals surface area contributed by atoms with Crippen molar-refractivity contribution in [2.24, 2.45) is 4.99 Å². The number of amidine groups is 1. The normalized spacial score (nSPS) is 16.2. The molecule has 90 valence electrons. The number of nitrogens with one attached hydrogen (secondary N) is 2. The van der Waals surface area contributed by atoms with Crippen molar-refractivity contribution in [1.82, 2.24) is 5.32 Å². The number of aliphatic imine (C=N–C) groups is 1. The lowest BCUT2D eigenvalue weighted by Gasteiger charge is -2.18. The highest BCUT2D eigenvalue weighted by molar-refractivity contribution is 8.13. The van der Waals surface area contributed by atoms with Gasteiger partial charge in [0.1, 0.15) is 0 Å². The molecule has 0 aromatic heterocycles. The monoisotopic (exact) mass is 265 g/mol. The van der Waals surface area contributed by atoms with Gasteiger partial charge in [0, 0.05) is 18.0 Å². The third-order valence-corrected chi connectivity index (χ3v) is 3.51. The molecule has 5 heteroatoms. The zero-order chi connectivity index (χ0) is 12.1. The summed E-state index contributed by atoms with van der Waals surface area (Å²) in [5.41, 5.74) is 2.44. The summed E-state index contributed by atoms with van der Waals surface area (Å²) in [6.07, 6.45) is 1.05. The van der Waals surface area contributed by atoms with E-state index in [-0.39, 0.29) is 0 Å². The van der Waals surface area contributed by atoms with Crippen molar-refractivity contribution in [3.8, 4) is 0 Å². The second-order valence-electron chi connectivity index (χ2n) is 3.72. The number of hydrogen-bond donors (Lipinski definition) is 2. The molecule has 0 aliphatic carbocycles. The lowest BCUT2D eigenvalue weighted by Crippen LogP contribution is -2.24. The smallest absolute Gasteiger partial charge is 0.195 e. The first-order chi connectivity index (χ1) is 8.29. The van der Waals surface area contributed by atoms with Crippen molar-refractivity contribution < 1.29 is 0 Å². The van der Waals surface area contributed by atoms with Crippen LogP contribution in [0.25, 0.3) is 0 Å². The number of fused-ring (bicyclic) bond motifs is 1. The van der Waals surface area contributed by atoms with Crippen LogP contribution in [0.2, 0.25) is 0 Å². The number of rotatable bonds is 2. The van der Waals surface area contributed by atoms with E-state index in [1.54, 1.807) is 11.8 Å². The minimum Gasteiger partial charge on any atom is -0.361 e. The van der Waals surface area contributed by atoms with Gasteiger partial charge in [-0.1, -0.05) is 36.9 Å². The molecule has 1 aliphatic heterocycles. The molecular formula is C12H15N3S2. The van der Waals surface area contributed by atoms with E-state index in [9.17, 15) is 0 Å². The van der Waals surface area contributed by atoms with Crippen molar-refractivity contribution in [3.05, 3.63) is 29.8 Å². The number of hydrogen-bond acceptors (Lipinski definition) is 2. The first-order valence-corrected chi connectivity index (χ1v) is 7.03. The Balaban J connectivity index is 2.02. The van der Waals surface area contributed by atoms with Crippen LogP contribution in [0.4, 0.5) is 5.69 Å². The van der Waals surface area contributed by atoms with E-state index >= 15 is 0 Å². The minimum atomic E-state index is 0.557. The molecule has 0 fully saturated rings. The van der Waals surface area contributed by atoms with Gasteiger partial charge in [0.2, 0.25) is 0 Å². The highest BCUT2D eigenvalue weighted by Crippen LogP contribution is 2.27. The Labute approximate surface area is 111 Å². The van der Waals surface area contributed by atoms with Crippen molar-refractivity contribution in [2.45, 2.75) is 19.1 Å². The van der Waals surface area contributed by atoms with Crippen LogP contribution in [-0.2, 0) is 5.75 Å². The van der Waals surface area contributed by atoms with Gasteiger partial charge in [0.25, 0.3) is 0 Å². The highest BCUT2D eigenvalue weighted by atomic mass is 32.2. The molecule has 1 heterocycles. The third kappa shape index (κ3) is 3.44. The molecule has 0 amide bonds. The minimum absolute atomic E-state index is 0.557. The molecule has 2 N–H and O–H groups in total. The molecule has 0 saturated carbocycles. The molecule has 2 rings (SSSR count). The largest absolute Gasteiger partial charge is 0.361 e. The molecule has 0 radical (unpaired) electrons. The van der Waals surface area contributed by atoms with Crippen LogP contribution in [0.5, 0.6) is 0 Å². The van der Waals surface area contributed by atoms with Gasteiger partial charge in [0.15, 0.2) is 10.3 Å². The first-order valence-electron chi connectivity index (χ1n) is 5.64. The fourth-order valence-electron chi connectivity index (χ4n) is 1.49. The maximum Gasteiger partial charge on any atom is 0.195 e. The topological polar surface area (TPSA) is 36.4 Å². The van der Waals surface area contributed by atoms with E-state index in [0.717, 1.165) is 29.6 Å². The van der Waals surface area contributed by atoms with Gasteiger partial charge in [-0.3, -0.25) is 0 Å². The number of thiocarbonyl (C=S) groups is 1. The van der Waals surface area contributed by atoms with Crippen LogP contribution in [0.3, 0.4) is 0 Å². The summed E-state index contributed by atoms with van der Waals surface area (Å²) in [6, 6.07) is 8.26. The molecule has 17 heavy (non-hydrogen) atoms. The molecule has 0 unspecified atom stereocenters. The summed E-state index contributed by atoms with van der Waals surface area (Å²) in [5, 5.41) is 7.81. The fourth-order valence-corrected chi connectivity index (χ4v) is 2.62. The number of thioether (sulfide) groups is 1. The Morgan fingerprint density at radius 3 is 3.18 bits per heavy atom. The number of anilines is 1. The van der Waals surface area contributed by atoms with Crippen molar-refractivity contribution in [2.75, 3.05) is 11.9 Å². The van der Waals surface area contributed by atoms with Gasteiger partial charge >= 0.3 is 0 Å². The zero-order valence-electron chi connectivity index (χ0n) is 9.69. The van der Waals surface area contributed by atoms with Crippen LogP contribution in [0.15, 0.2) is 29.3 Å². The average Bonchev–Trinajstić information content (AvgIpc) is 2.36. The lowest BCUT2D eigenvalue weighted by molar-refractivity contribution is 0.843. The predicted molar refractivity (Wildman–Crippen MR) is 79.7 cm³/mol. The Kier molecular flexibility index (Phi) is 4.39. The maximum atomic E-state index is 5.15. The van der Waals surface area contributed by atoms with Crippen LogP contribution < -0.4 is 10.6 Å². The summed E-state index contributed by atoms with van der Waals surface area (Å²) < 4.78 is 0. The van der Waals surface area contributed by atoms with Gasteiger partial charge in [-0.2, -0.15) is 4.99 Å². The predicted octanol–water partition coefficient (Wildman–Crippen LogP) is 2.99.